The van der Waals surface area contributed by atoms with E-state index in [9.17, 15) is 9.59 Å². The number of carboxylic acids is 1. The zero-order valence-corrected chi connectivity index (χ0v) is 16.4. The van der Waals surface area contributed by atoms with Crippen LogP contribution >= 0.6 is 0 Å². The second-order valence-corrected chi connectivity index (χ2v) is 7.28. The van der Waals surface area contributed by atoms with Gasteiger partial charge in [-0.3, -0.25) is 4.79 Å². The van der Waals surface area contributed by atoms with Gasteiger partial charge in [-0.1, -0.05) is 30.3 Å². The number of piperidine rings is 1. The summed E-state index contributed by atoms with van der Waals surface area (Å²) in [5, 5.41) is 14.7. The van der Waals surface area contributed by atoms with E-state index in [1.165, 1.54) is 0 Å². The number of nitrogens with zero attached hydrogens (tertiary/aromatic N) is 5. The van der Waals surface area contributed by atoms with Crippen LogP contribution in [0.4, 0.5) is 5.82 Å². The van der Waals surface area contributed by atoms with Crippen LogP contribution in [0, 0.1) is 5.92 Å². The zero-order chi connectivity index (χ0) is 20.9. The molecule has 9 heteroatoms. The van der Waals surface area contributed by atoms with Gasteiger partial charge in [0.25, 0.3) is 0 Å². The van der Waals surface area contributed by atoms with Crippen LogP contribution in [-0.4, -0.2) is 57.9 Å². The van der Waals surface area contributed by atoms with E-state index in [1.807, 2.05) is 36.5 Å². The molecule has 1 fully saturated rings. The van der Waals surface area contributed by atoms with Crippen molar-refractivity contribution in [1.82, 2.24) is 15.0 Å². The fourth-order valence-corrected chi connectivity index (χ4v) is 3.82. The molecule has 1 amide bonds. The molecule has 0 aliphatic carbocycles. The molecule has 30 heavy (non-hydrogen) atoms. The van der Waals surface area contributed by atoms with E-state index >= 15 is 0 Å². The maximum absolute atomic E-state index is 13.1. The molecule has 1 atom stereocenters. The Labute approximate surface area is 174 Å². The number of benzene rings is 1. The van der Waals surface area contributed by atoms with E-state index in [-0.39, 0.29) is 23.9 Å². The van der Waals surface area contributed by atoms with Crippen LogP contribution in [0.15, 0.2) is 47.7 Å². The lowest BCUT2D eigenvalue weighted by Gasteiger charge is -2.34. The smallest absolute Gasteiger partial charge is 0.341 e. The summed E-state index contributed by atoms with van der Waals surface area (Å²) in [6, 6.07) is 11.7. The van der Waals surface area contributed by atoms with Crippen molar-refractivity contribution in [3.8, 4) is 6.01 Å². The number of ether oxygens (including phenoxy) is 1. The molecule has 3 heterocycles. The van der Waals surface area contributed by atoms with Gasteiger partial charge in [0.2, 0.25) is 5.91 Å². The van der Waals surface area contributed by atoms with Gasteiger partial charge in [0.05, 0.1) is 6.04 Å². The highest BCUT2D eigenvalue weighted by atomic mass is 16.5. The first-order valence-electron chi connectivity index (χ1n) is 9.95. The Kier molecular flexibility index (Phi) is 5.87. The zero-order valence-electron chi connectivity index (χ0n) is 16.4. The largest absolute Gasteiger partial charge is 0.479 e. The average molecular weight is 409 g/mol. The molecule has 1 saturated heterocycles. The van der Waals surface area contributed by atoms with Gasteiger partial charge < -0.3 is 14.7 Å². The molecule has 0 saturated carbocycles. The molecule has 2 aliphatic rings. The topological polar surface area (TPSA) is 108 Å². The van der Waals surface area contributed by atoms with Gasteiger partial charge >= 0.3 is 12.0 Å². The highest BCUT2D eigenvalue weighted by Crippen LogP contribution is 2.32. The molecule has 2 aliphatic heterocycles. The van der Waals surface area contributed by atoms with Gasteiger partial charge in [0.1, 0.15) is 5.82 Å². The molecule has 2 aromatic rings. The van der Waals surface area contributed by atoms with Crippen molar-refractivity contribution >= 4 is 23.9 Å². The van der Waals surface area contributed by atoms with Crippen LogP contribution in [0.3, 0.4) is 0 Å². The molecular weight excluding hydrogens is 386 g/mol. The van der Waals surface area contributed by atoms with E-state index in [0.29, 0.717) is 31.7 Å². The van der Waals surface area contributed by atoms with Crippen LogP contribution in [0.2, 0.25) is 0 Å². The third-order valence-electron chi connectivity index (χ3n) is 5.35. The molecule has 4 rings (SSSR count). The Hall–Kier alpha value is -3.49. The quantitative estimate of drug-likeness (QED) is 0.778. The van der Waals surface area contributed by atoms with Gasteiger partial charge in [-0.15, -0.1) is 0 Å². The van der Waals surface area contributed by atoms with Crippen molar-refractivity contribution in [3.63, 3.8) is 0 Å². The molecule has 156 valence electrons. The number of hydrogen-bond donors (Lipinski definition) is 1. The maximum Gasteiger partial charge on any atom is 0.341 e. The summed E-state index contributed by atoms with van der Waals surface area (Å²) in [4.78, 5) is 34.0. The number of carbonyl (C=O) groups excluding carboxylic acids is 1. The number of carbonyl (C=O) groups is 2. The molecule has 1 unspecified atom stereocenters. The van der Waals surface area contributed by atoms with Gasteiger partial charge in [0.15, 0.2) is 6.61 Å². The fraction of sp³-hybridized carbons (Fsp3) is 0.381. The summed E-state index contributed by atoms with van der Waals surface area (Å²) in [5.74, 6) is -0.447. The number of aliphatic carboxylic acids is 1. The minimum Gasteiger partial charge on any atom is -0.479 e. The molecule has 0 bridgehead atoms. The van der Waals surface area contributed by atoms with Gasteiger partial charge in [-0.25, -0.2) is 14.8 Å². The summed E-state index contributed by atoms with van der Waals surface area (Å²) >= 11 is 0. The van der Waals surface area contributed by atoms with Gasteiger partial charge in [-0.2, -0.15) is 10.1 Å². The third kappa shape index (κ3) is 4.40. The summed E-state index contributed by atoms with van der Waals surface area (Å²) in [6.45, 7) is 0.845. The van der Waals surface area contributed by atoms with Crippen LogP contribution in [-0.2, 0) is 9.59 Å². The Morgan fingerprint density at radius 1 is 1.13 bits per heavy atom. The SMILES string of the molecule is O=C(O)COc1nccc(N2CCC(C(=O)N3N=CCC3c3ccccc3)CC2)n1. The molecule has 1 aromatic heterocycles. The van der Waals surface area contributed by atoms with Crippen molar-refractivity contribution < 1.29 is 19.4 Å². The predicted octanol–water partition coefficient (Wildman–Crippen LogP) is 2.12. The molecule has 0 radical (unpaired) electrons. The van der Waals surface area contributed by atoms with Crippen LogP contribution in [0.5, 0.6) is 6.01 Å². The van der Waals surface area contributed by atoms with E-state index in [4.69, 9.17) is 9.84 Å². The van der Waals surface area contributed by atoms with Crippen LogP contribution < -0.4 is 9.64 Å². The fourth-order valence-electron chi connectivity index (χ4n) is 3.82. The lowest BCUT2D eigenvalue weighted by Crippen LogP contribution is -2.41. The number of carboxylic acid groups (broad SMARTS) is 1. The van der Waals surface area contributed by atoms with Crippen LogP contribution in [0.1, 0.15) is 30.9 Å². The van der Waals surface area contributed by atoms with Gasteiger partial charge in [-0.05, 0) is 24.5 Å². The Balaban J connectivity index is 1.36. The number of aromatic nitrogens is 2. The van der Waals surface area contributed by atoms with Crippen molar-refractivity contribution in [3.05, 3.63) is 48.2 Å². The van der Waals surface area contributed by atoms with E-state index < -0.39 is 12.6 Å². The maximum atomic E-state index is 13.1. The second-order valence-electron chi connectivity index (χ2n) is 7.28. The molecule has 0 spiro atoms. The standard InChI is InChI=1S/C21H23N5O4/c27-19(28)14-30-21-22-10-7-18(24-21)25-12-8-16(9-13-25)20(29)26-17(6-11-23-26)15-4-2-1-3-5-15/h1-5,7,10-11,16-17H,6,8-9,12-14H2,(H,27,28). The normalized spacial score (nSPS) is 19.1. The van der Waals surface area contributed by atoms with Crippen molar-refractivity contribution in [2.75, 3.05) is 24.6 Å². The first-order valence-corrected chi connectivity index (χ1v) is 9.95. The van der Waals surface area contributed by atoms with Crippen molar-refractivity contribution in [1.29, 1.82) is 0 Å². The van der Waals surface area contributed by atoms with E-state index in [2.05, 4.69) is 20.0 Å². The lowest BCUT2D eigenvalue weighted by atomic mass is 9.94. The first kappa shape index (κ1) is 19.8. The number of hydrazone groups is 1. The van der Waals surface area contributed by atoms with E-state index in [0.717, 1.165) is 12.0 Å². The minimum absolute atomic E-state index is 0.0326. The molecule has 1 N–H and O–H groups in total. The summed E-state index contributed by atoms with van der Waals surface area (Å²) in [6.07, 6.45) is 5.47. The Morgan fingerprint density at radius 3 is 2.63 bits per heavy atom. The molecular formula is C21H23N5O4. The summed E-state index contributed by atoms with van der Waals surface area (Å²) in [7, 11) is 0. The average Bonchev–Trinajstić information content (AvgIpc) is 3.28. The predicted molar refractivity (Wildman–Crippen MR) is 109 cm³/mol. The van der Waals surface area contributed by atoms with Gasteiger partial charge in [0, 0.05) is 37.8 Å². The third-order valence-corrected chi connectivity index (χ3v) is 5.35. The summed E-state index contributed by atoms with van der Waals surface area (Å²) in [5.41, 5.74) is 1.09. The molecule has 9 nitrogen and oxygen atoms in total. The highest BCUT2D eigenvalue weighted by molar-refractivity contribution is 5.82. The number of hydrogen-bond acceptors (Lipinski definition) is 7. The first-order chi connectivity index (χ1) is 14.6. The Bertz CT molecular complexity index is 928. The number of anilines is 1. The second kappa shape index (κ2) is 8.89. The highest BCUT2D eigenvalue weighted by Gasteiger charge is 2.34. The van der Waals surface area contributed by atoms with E-state index in [1.54, 1.807) is 17.3 Å². The lowest BCUT2D eigenvalue weighted by molar-refractivity contribution is -0.139. The van der Waals surface area contributed by atoms with Crippen molar-refractivity contribution in [2.24, 2.45) is 11.0 Å². The van der Waals surface area contributed by atoms with Crippen LogP contribution in [0.25, 0.3) is 0 Å². The monoisotopic (exact) mass is 409 g/mol. The minimum atomic E-state index is -1.08. The Morgan fingerprint density at radius 2 is 1.90 bits per heavy atom. The number of rotatable bonds is 6. The number of amides is 1. The van der Waals surface area contributed by atoms with Crippen molar-refractivity contribution in [2.45, 2.75) is 25.3 Å². The molecule has 1 aromatic carbocycles. The summed E-state index contributed by atoms with van der Waals surface area (Å²) < 4.78 is 5.05.